The summed E-state index contributed by atoms with van der Waals surface area (Å²) < 4.78 is 65.6. The number of ether oxygens (including phenoxy) is 2. The first-order valence-corrected chi connectivity index (χ1v) is 15.9. The standard InChI is InChI=1S/C28H35F3N6O5S/c1-17-13-19(18-5-7-37(8-6-18)26(39)42-27(2,3)4)14-21-22(17)41-15-20-23(34-21)32-16-33-24(20)36-9-11-43(40,12-10-36)35-25(38)28(29,30)31/h13-14,16,18H,5-12,15H2,1-4H3,(H,32,33,34). The second-order valence-electron chi connectivity index (χ2n) is 12.0. The summed E-state index contributed by atoms with van der Waals surface area (Å²) in [4.78, 5) is 36.2. The summed E-state index contributed by atoms with van der Waals surface area (Å²) in [7, 11) is -3.33. The van der Waals surface area contributed by atoms with Gasteiger partial charge in [0.2, 0.25) is 0 Å². The minimum Gasteiger partial charge on any atom is -0.486 e. The first-order valence-electron chi connectivity index (χ1n) is 14.1. The molecule has 0 aliphatic carbocycles. The molecule has 1 N–H and O–H groups in total. The average molecular weight is 625 g/mol. The summed E-state index contributed by atoms with van der Waals surface area (Å²) in [5.41, 5.74) is 2.92. The zero-order valence-corrected chi connectivity index (χ0v) is 25.3. The van der Waals surface area contributed by atoms with Crippen molar-refractivity contribution in [2.45, 2.75) is 64.8 Å². The number of halogens is 3. The maximum absolute atomic E-state index is 12.8. The number of carbonyl (C=O) groups excluding carboxylic acids is 2. The molecule has 0 saturated carbocycles. The molecule has 0 spiro atoms. The minimum atomic E-state index is -5.15. The van der Waals surface area contributed by atoms with Crippen LogP contribution >= 0.6 is 0 Å². The summed E-state index contributed by atoms with van der Waals surface area (Å²) in [5.74, 6) is -0.754. The number of carbonyl (C=O) groups is 2. The van der Waals surface area contributed by atoms with Crippen LogP contribution in [0.4, 0.5) is 35.3 Å². The molecule has 1 aromatic heterocycles. The third kappa shape index (κ3) is 6.97. The fourth-order valence-electron chi connectivity index (χ4n) is 5.46. The number of rotatable bonds is 2. The van der Waals surface area contributed by atoms with E-state index in [1.165, 1.54) is 6.33 Å². The molecule has 234 valence electrons. The number of fused-ring (bicyclic) bond motifs is 2. The van der Waals surface area contributed by atoms with E-state index in [-0.39, 0.29) is 43.2 Å². The lowest BCUT2D eigenvalue weighted by Crippen LogP contribution is -2.42. The zero-order chi connectivity index (χ0) is 31.2. The number of aryl methyl sites for hydroxylation is 1. The van der Waals surface area contributed by atoms with E-state index >= 15 is 0 Å². The van der Waals surface area contributed by atoms with Gasteiger partial charge in [-0.2, -0.15) is 17.5 Å². The minimum absolute atomic E-state index is 0.106. The van der Waals surface area contributed by atoms with Crippen LogP contribution in [0, 0.1) is 6.92 Å². The van der Waals surface area contributed by atoms with Crippen molar-refractivity contribution in [3.8, 4) is 5.75 Å². The van der Waals surface area contributed by atoms with E-state index in [2.05, 4.69) is 25.7 Å². The lowest BCUT2D eigenvalue weighted by atomic mass is 9.88. The van der Waals surface area contributed by atoms with Gasteiger partial charge in [-0.25, -0.2) is 19.0 Å². The molecule has 0 radical (unpaired) electrons. The summed E-state index contributed by atoms with van der Waals surface area (Å²) in [6.45, 7) is 9.07. The Hall–Kier alpha value is -3.62. The quantitative estimate of drug-likeness (QED) is 0.496. The van der Waals surface area contributed by atoms with Crippen LogP contribution in [0.15, 0.2) is 22.8 Å². The van der Waals surface area contributed by atoms with Gasteiger partial charge in [-0.15, -0.1) is 0 Å². The van der Waals surface area contributed by atoms with Crippen LogP contribution in [-0.4, -0.2) is 80.5 Å². The van der Waals surface area contributed by atoms with Crippen molar-refractivity contribution in [2.24, 2.45) is 4.36 Å². The number of anilines is 3. The van der Waals surface area contributed by atoms with E-state index < -0.39 is 27.4 Å². The first kappa shape index (κ1) is 30.8. The third-order valence-corrected chi connectivity index (χ3v) is 9.74. The number of nitrogens with zero attached hydrogens (tertiary/aromatic N) is 5. The molecule has 1 aromatic carbocycles. The van der Waals surface area contributed by atoms with Crippen LogP contribution in [0.5, 0.6) is 5.75 Å². The highest BCUT2D eigenvalue weighted by Gasteiger charge is 2.40. The van der Waals surface area contributed by atoms with Crippen molar-refractivity contribution in [3.05, 3.63) is 35.2 Å². The lowest BCUT2D eigenvalue weighted by molar-refractivity contribution is -0.169. The van der Waals surface area contributed by atoms with Crippen molar-refractivity contribution in [3.63, 3.8) is 0 Å². The van der Waals surface area contributed by atoms with Gasteiger partial charge in [-0.1, -0.05) is 6.07 Å². The molecule has 5 rings (SSSR count). The highest BCUT2D eigenvalue weighted by Crippen LogP contribution is 2.41. The van der Waals surface area contributed by atoms with E-state index in [9.17, 15) is 27.0 Å². The molecule has 0 unspecified atom stereocenters. The largest absolute Gasteiger partial charge is 0.486 e. The van der Waals surface area contributed by atoms with Gasteiger partial charge in [0.05, 0.1) is 21.0 Å². The maximum atomic E-state index is 12.8. The second-order valence-corrected chi connectivity index (χ2v) is 14.5. The molecule has 0 bridgehead atoms. The molecular formula is C28H35F3N6O5S. The number of hydrogen-bond donors (Lipinski definition) is 1. The number of nitrogens with one attached hydrogen (secondary N) is 1. The number of benzene rings is 1. The molecule has 2 aromatic rings. The Kier molecular flexibility index (Phi) is 8.22. The Morgan fingerprint density at radius 1 is 1.09 bits per heavy atom. The van der Waals surface area contributed by atoms with E-state index in [4.69, 9.17) is 9.47 Å². The molecule has 0 atom stereocenters. The Labute approximate surface area is 248 Å². The Bertz CT molecular complexity index is 1530. The van der Waals surface area contributed by atoms with Crippen LogP contribution in [0.1, 0.15) is 56.2 Å². The van der Waals surface area contributed by atoms with E-state index in [0.29, 0.717) is 36.0 Å². The van der Waals surface area contributed by atoms with Crippen molar-refractivity contribution in [1.29, 1.82) is 0 Å². The van der Waals surface area contributed by atoms with Gasteiger partial charge in [-0.3, -0.25) is 4.79 Å². The Morgan fingerprint density at radius 2 is 1.77 bits per heavy atom. The number of alkyl halides is 3. The van der Waals surface area contributed by atoms with Crippen LogP contribution < -0.4 is 15.0 Å². The molecule has 2 amide bonds. The SMILES string of the molecule is Cc1cc(C2CCN(C(=O)OC(C)(C)C)CC2)cc2c1OCc1c(ncnc1N1CCS(=O)(=NC(=O)C(F)(F)F)CC1)N2. The van der Waals surface area contributed by atoms with Crippen molar-refractivity contribution in [1.82, 2.24) is 14.9 Å². The van der Waals surface area contributed by atoms with Crippen LogP contribution in [0.2, 0.25) is 0 Å². The maximum Gasteiger partial charge on any atom is 0.474 e. The second kappa shape index (κ2) is 11.5. The molecule has 15 heteroatoms. The number of amides is 2. The Morgan fingerprint density at radius 3 is 2.40 bits per heavy atom. The summed E-state index contributed by atoms with van der Waals surface area (Å²) in [6, 6.07) is 4.14. The predicted octanol–water partition coefficient (Wildman–Crippen LogP) is 4.91. The molecule has 3 aliphatic heterocycles. The first-order chi connectivity index (χ1) is 20.1. The van der Waals surface area contributed by atoms with Gasteiger partial charge in [-0.05, 0) is 63.6 Å². The molecule has 2 saturated heterocycles. The zero-order valence-electron chi connectivity index (χ0n) is 24.5. The normalized spacial score (nSPS) is 18.9. The van der Waals surface area contributed by atoms with Crippen molar-refractivity contribution < 1.29 is 36.4 Å². The Balaban J connectivity index is 1.31. The van der Waals surface area contributed by atoms with Gasteiger partial charge in [0.15, 0.2) is 0 Å². The predicted molar refractivity (Wildman–Crippen MR) is 154 cm³/mol. The number of hydrogen-bond acceptors (Lipinski definition) is 9. The number of piperidine rings is 1. The smallest absolute Gasteiger partial charge is 0.474 e. The van der Waals surface area contributed by atoms with Gasteiger partial charge in [0.1, 0.15) is 35.9 Å². The van der Waals surface area contributed by atoms with Crippen molar-refractivity contribution >= 4 is 39.1 Å². The highest BCUT2D eigenvalue weighted by molar-refractivity contribution is 7.94. The summed E-state index contributed by atoms with van der Waals surface area (Å²) in [5, 5.41) is 3.38. The van der Waals surface area contributed by atoms with Gasteiger partial charge in [0, 0.05) is 37.7 Å². The summed E-state index contributed by atoms with van der Waals surface area (Å²) >= 11 is 0. The van der Waals surface area contributed by atoms with Gasteiger partial charge in [0.25, 0.3) is 0 Å². The van der Waals surface area contributed by atoms with E-state index in [1.807, 2.05) is 33.8 Å². The van der Waals surface area contributed by atoms with Crippen LogP contribution in [0.3, 0.4) is 0 Å². The number of aromatic nitrogens is 2. The van der Waals surface area contributed by atoms with Crippen LogP contribution in [-0.2, 0) is 25.9 Å². The molecule has 3 aliphatic rings. The van der Waals surface area contributed by atoms with Crippen LogP contribution in [0.25, 0.3) is 0 Å². The lowest BCUT2D eigenvalue weighted by Gasteiger charge is -2.34. The average Bonchev–Trinajstić information content (AvgIpc) is 3.11. The van der Waals surface area contributed by atoms with Gasteiger partial charge >= 0.3 is 18.2 Å². The monoisotopic (exact) mass is 624 g/mol. The molecule has 4 heterocycles. The topological polar surface area (TPSA) is 126 Å². The molecule has 11 nitrogen and oxygen atoms in total. The fourth-order valence-corrected chi connectivity index (χ4v) is 7.26. The van der Waals surface area contributed by atoms with Crippen molar-refractivity contribution in [2.75, 3.05) is 47.9 Å². The fraction of sp³-hybridized carbons (Fsp3) is 0.571. The third-order valence-electron chi connectivity index (χ3n) is 7.60. The molecule has 2 fully saturated rings. The van der Waals surface area contributed by atoms with E-state index in [0.717, 1.165) is 29.7 Å². The number of likely N-dealkylation sites (tertiary alicyclic amines) is 1. The summed E-state index contributed by atoms with van der Waals surface area (Å²) in [6.07, 6.45) is -2.48. The molecular weight excluding hydrogens is 589 g/mol. The highest BCUT2D eigenvalue weighted by atomic mass is 32.2. The molecule has 43 heavy (non-hydrogen) atoms. The van der Waals surface area contributed by atoms with E-state index in [1.54, 1.807) is 9.80 Å². The van der Waals surface area contributed by atoms with Gasteiger partial charge < -0.3 is 24.6 Å².